The highest BCUT2D eigenvalue weighted by molar-refractivity contribution is 6.30. The van der Waals surface area contributed by atoms with Gasteiger partial charge in [0, 0.05) is 42.1 Å². The summed E-state index contributed by atoms with van der Waals surface area (Å²) in [5.74, 6) is 0.598. The first kappa shape index (κ1) is 21.1. The second-order valence-corrected chi connectivity index (χ2v) is 9.06. The largest absolute Gasteiger partial charge is 0.352 e. The van der Waals surface area contributed by atoms with E-state index in [2.05, 4.69) is 61.1 Å². The summed E-state index contributed by atoms with van der Waals surface area (Å²) in [7, 11) is 0. The molecule has 1 aliphatic heterocycles. The van der Waals surface area contributed by atoms with Crippen molar-refractivity contribution in [3.8, 4) is 0 Å². The van der Waals surface area contributed by atoms with Crippen molar-refractivity contribution in [2.45, 2.75) is 6.04 Å². The highest BCUT2D eigenvalue weighted by Gasteiger charge is 2.28. The van der Waals surface area contributed by atoms with E-state index in [1.165, 1.54) is 23.3 Å². The Kier molecular flexibility index (Phi) is 5.40. The molecule has 1 N–H and O–H groups in total. The number of hydrogen-bond acceptors (Lipinski definition) is 4. The fourth-order valence-corrected chi connectivity index (χ4v) is 5.10. The second-order valence-electron chi connectivity index (χ2n) is 8.62. The summed E-state index contributed by atoms with van der Waals surface area (Å²) < 4.78 is 13.8. The van der Waals surface area contributed by atoms with Gasteiger partial charge in [-0.3, -0.25) is 4.90 Å². The molecule has 5 aromatic rings. The van der Waals surface area contributed by atoms with E-state index in [-0.39, 0.29) is 11.9 Å². The van der Waals surface area contributed by atoms with Crippen LogP contribution in [0.5, 0.6) is 0 Å². The van der Waals surface area contributed by atoms with Gasteiger partial charge in [0.25, 0.3) is 0 Å². The molecule has 6 rings (SSSR count). The average Bonchev–Trinajstić information content (AvgIpc) is 3.24. The maximum absolute atomic E-state index is 13.8. The van der Waals surface area contributed by atoms with Gasteiger partial charge in [0.05, 0.1) is 6.04 Å². The number of nitrogens with zero attached hydrogens (tertiary/aromatic N) is 4. The predicted molar refractivity (Wildman–Crippen MR) is 135 cm³/mol. The predicted octanol–water partition coefficient (Wildman–Crippen LogP) is 5.82. The summed E-state index contributed by atoms with van der Waals surface area (Å²) in [6.07, 6.45) is 1.57. The van der Waals surface area contributed by atoms with Crippen LogP contribution in [0, 0.1) is 5.82 Å². The number of halogens is 2. The topological polar surface area (TPSA) is 48.1 Å². The molecule has 170 valence electrons. The molecule has 1 fully saturated rings. The first-order chi connectivity index (χ1) is 16.7. The third kappa shape index (κ3) is 3.79. The monoisotopic (exact) mass is 471 g/mol. The third-order valence-electron chi connectivity index (χ3n) is 6.60. The molecule has 1 atom stereocenters. The number of piperazine rings is 1. The lowest BCUT2D eigenvalue weighted by Crippen LogP contribution is -2.48. The first-order valence-corrected chi connectivity index (χ1v) is 11.8. The number of rotatable bonds is 4. The highest BCUT2D eigenvalue weighted by atomic mass is 35.5. The summed E-state index contributed by atoms with van der Waals surface area (Å²) in [5.41, 5.74) is 4.97. The Morgan fingerprint density at radius 1 is 0.853 bits per heavy atom. The van der Waals surface area contributed by atoms with E-state index in [4.69, 9.17) is 11.6 Å². The molecule has 7 heteroatoms. The summed E-state index contributed by atoms with van der Waals surface area (Å²) in [6, 6.07) is 23.6. The van der Waals surface area contributed by atoms with E-state index < -0.39 is 0 Å². The van der Waals surface area contributed by atoms with Gasteiger partial charge in [-0.1, -0.05) is 54.1 Å². The van der Waals surface area contributed by atoms with Crippen LogP contribution in [0.15, 0.2) is 79.1 Å². The van der Waals surface area contributed by atoms with Crippen LogP contribution in [0.4, 0.5) is 10.2 Å². The van der Waals surface area contributed by atoms with Crippen molar-refractivity contribution in [3.05, 3.63) is 101 Å². The molecule has 1 saturated heterocycles. The molecule has 2 aromatic heterocycles. The standard InChI is InChI=1S/C27H23ClFN5/c28-20-8-6-19(7-9-20)26(18-4-2-1-3-5-18)33-12-14-34(15-13-33)27-25-24(30-17-31-27)22-16-21(29)10-11-23(22)32-25/h1-11,16-17,26,32H,12-15H2/t26-/m0/s1. The maximum Gasteiger partial charge on any atom is 0.156 e. The SMILES string of the molecule is Fc1ccc2[nH]c3c(N4CCN([C@@H](c5ccccc5)c5ccc(Cl)cc5)CC4)ncnc3c2c1. The fraction of sp³-hybridized carbons (Fsp3) is 0.185. The Hall–Kier alpha value is -3.48. The van der Waals surface area contributed by atoms with E-state index in [1.54, 1.807) is 12.4 Å². The minimum atomic E-state index is -0.267. The number of aromatic nitrogens is 3. The lowest BCUT2D eigenvalue weighted by atomic mass is 9.96. The Bertz CT molecular complexity index is 1440. The van der Waals surface area contributed by atoms with Crippen LogP contribution in [0.2, 0.25) is 5.02 Å². The van der Waals surface area contributed by atoms with Gasteiger partial charge in [0.2, 0.25) is 0 Å². The Morgan fingerprint density at radius 2 is 1.59 bits per heavy atom. The van der Waals surface area contributed by atoms with Crippen molar-refractivity contribution >= 4 is 39.4 Å². The number of aromatic amines is 1. The molecule has 0 amide bonds. The van der Waals surface area contributed by atoms with Crippen LogP contribution in [-0.4, -0.2) is 46.0 Å². The van der Waals surface area contributed by atoms with Crippen LogP contribution in [0.1, 0.15) is 17.2 Å². The molecule has 0 aliphatic carbocycles. The molecule has 0 saturated carbocycles. The first-order valence-electron chi connectivity index (χ1n) is 11.4. The molecular formula is C27H23ClFN5. The van der Waals surface area contributed by atoms with Crippen molar-refractivity contribution in [1.82, 2.24) is 19.9 Å². The van der Waals surface area contributed by atoms with Crippen LogP contribution in [0.3, 0.4) is 0 Å². The summed E-state index contributed by atoms with van der Waals surface area (Å²) in [5, 5.41) is 1.52. The second kappa shape index (κ2) is 8.70. The van der Waals surface area contributed by atoms with Gasteiger partial charge in [-0.25, -0.2) is 14.4 Å². The minimum absolute atomic E-state index is 0.155. The number of fused-ring (bicyclic) bond motifs is 3. The van der Waals surface area contributed by atoms with E-state index >= 15 is 0 Å². The molecule has 3 aromatic carbocycles. The number of H-pyrrole nitrogens is 1. The average molecular weight is 472 g/mol. The van der Waals surface area contributed by atoms with Crippen LogP contribution in [-0.2, 0) is 0 Å². The summed E-state index contributed by atoms with van der Waals surface area (Å²) >= 11 is 6.16. The highest BCUT2D eigenvalue weighted by Crippen LogP contribution is 2.33. The van der Waals surface area contributed by atoms with Crippen LogP contribution in [0.25, 0.3) is 21.9 Å². The lowest BCUT2D eigenvalue weighted by Gasteiger charge is -2.40. The molecule has 0 unspecified atom stereocenters. The Morgan fingerprint density at radius 3 is 2.35 bits per heavy atom. The van der Waals surface area contributed by atoms with Gasteiger partial charge in [-0.2, -0.15) is 0 Å². The normalized spacial score (nSPS) is 15.8. The van der Waals surface area contributed by atoms with Crippen molar-refractivity contribution in [2.75, 3.05) is 31.1 Å². The van der Waals surface area contributed by atoms with E-state index in [0.29, 0.717) is 0 Å². The third-order valence-corrected chi connectivity index (χ3v) is 6.86. The number of anilines is 1. The molecule has 0 spiro atoms. The number of hydrogen-bond donors (Lipinski definition) is 1. The molecule has 5 nitrogen and oxygen atoms in total. The van der Waals surface area contributed by atoms with Crippen molar-refractivity contribution in [2.24, 2.45) is 0 Å². The number of nitrogens with one attached hydrogen (secondary N) is 1. The maximum atomic E-state index is 13.8. The van der Waals surface area contributed by atoms with Gasteiger partial charge in [-0.05, 0) is 41.5 Å². The van der Waals surface area contributed by atoms with E-state index in [0.717, 1.165) is 59.0 Å². The minimum Gasteiger partial charge on any atom is -0.352 e. The fourth-order valence-electron chi connectivity index (χ4n) is 4.98. The molecule has 3 heterocycles. The summed E-state index contributed by atoms with van der Waals surface area (Å²) in [4.78, 5) is 17.2. The molecule has 0 radical (unpaired) electrons. The molecule has 34 heavy (non-hydrogen) atoms. The van der Waals surface area contributed by atoms with Gasteiger partial charge in [-0.15, -0.1) is 0 Å². The van der Waals surface area contributed by atoms with Crippen molar-refractivity contribution in [1.29, 1.82) is 0 Å². The zero-order valence-corrected chi connectivity index (χ0v) is 19.2. The van der Waals surface area contributed by atoms with Crippen LogP contribution >= 0.6 is 11.6 Å². The molecule has 0 bridgehead atoms. The molecule has 1 aliphatic rings. The number of benzene rings is 3. The van der Waals surface area contributed by atoms with Gasteiger partial charge >= 0.3 is 0 Å². The van der Waals surface area contributed by atoms with Crippen LogP contribution < -0.4 is 4.90 Å². The van der Waals surface area contributed by atoms with Gasteiger partial charge in [0.15, 0.2) is 5.82 Å². The zero-order chi connectivity index (χ0) is 23.1. The quantitative estimate of drug-likeness (QED) is 0.359. The van der Waals surface area contributed by atoms with Gasteiger partial charge < -0.3 is 9.88 Å². The van der Waals surface area contributed by atoms with Crippen molar-refractivity contribution < 1.29 is 4.39 Å². The zero-order valence-electron chi connectivity index (χ0n) is 18.5. The smallest absolute Gasteiger partial charge is 0.156 e. The van der Waals surface area contributed by atoms with Crippen molar-refractivity contribution in [3.63, 3.8) is 0 Å². The van der Waals surface area contributed by atoms with Gasteiger partial charge in [0.1, 0.15) is 23.2 Å². The van der Waals surface area contributed by atoms with E-state index in [1.807, 2.05) is 18.2 Å². The van der Waals surface area contributed by atoms with E-state index in [9.17, 15) is 4.39 Å². The lowest BCUT2D eigenvalue weighted by molar-refractivity contribution is 0.212. The Labute approximate surface area is 201 Å². The summed E-state index contributed by atoms with van der Waals surface area (Å²) in [6.45, 7) is 3.41. The molecular weight excluding hydrogens is 449 g/mol. The Balaban J connectivity index is 1.30.